The number of rotatable bonds is 3. The molecule has 0 spiro atoms. The largest absolute Gasteiger partial charge is 0.416 e. The van der Waals surface area contributed by atoms with Crippen LogP contribution in [0, 0.1) is 0 Å². The molecule has 5 rings (SSSR count). The Morgan fingerprint density at radius 2 is 1.67 bits per heavy atom. The van der Waals surface area contributed by atoms with Crippen molar-refractivity contribution in [3.63, 3.8) is 0 Å². The normalized spacial score (nSPS) is 14.6. The molecule has 0 unspecified atom stereocenters. The Labute approximate surface area is 187 Å². The van der Waals surface area contributed by atoms with Gasteiger partial charge >= 0.3 is 6.18 Å². The van der Waals surface area contributed by atoms with E-state index in [2.05, 4.69) is 10.1 Å². The molecule has 1 aliphatic heterocycles. The fourth-order valence-electron chi connectivity index (χ4n) is 4.09. The van der Waals surface area contributed by atoms with Gasteiger partial charge in [0.15, 0.2) is 5.65 Å². The second-order valence-electron chi connectivity index (χ2n) is 7.82. The van der Waals surface area contributed by atoms with Crippen molar-refractivity contribution in [2.24, 2.45) is 0 Å². The Bertz CT molecular complexity index is 1290. The minimum absolute atomic E-state index is 0.189. The highest BCUT2D eigenvalue weighted by molar-refractivity contribution is 6.00. The molecule has 6 nitrogen and oxygen atoms in total. The van der Waals surface area contributed by atoms with Gasteiger partial charge in [-0.3, -0.25) is 4.79 Å². The highest BCUT2D eigenvalue weighted by atomic mass is 19.4. The molecule has 9 heteroatoms. The lowest BCUT2D eigenvalue weighted by Gasteiger charge is -2.36. The fraction of sp³-hybridized carbons (Fsp3) is 0.208. The number of piperazine rings is 1. The highest BCUT2D eigenvalue weighted by Gasteiger charge is 2.31. The summed E-state index contributed by atoms with van der Waals surface area (Å²) < 4.78 is 40.8. The van der Waals surface area contributed by atoms with Gasteiger partial charge in [0.05, 0.1) is 17.5 Å². The zero-order valence-corrected chi connectivity index (χ0v) is 17.5. The van der Waals surface area contributed by atoms with Crippen molar-refractivity contribution < 1.29 is 18.0 Å². The highest BCUT2D eigenvalue weighted by Crippen LogP contribution is 2.32. The van der Waals surface area contributed by atoms with Crippen molar-refractivity contribution in [3.8, 4) is 11.3 Å². The molecule has 1 saturated heterocycles. The van der Waals surface area contributed by atoms with Crippen molar-refractivity contribution >= 4 is 17.2 Å². The minimum Gasteiger partial charge on any atom is -0.368 e. The third-order valence-corrected chi connectivity index (χ3v) is 5.81. The zero-order chi connectivity index (χ0) is 23.0. The smallest absolute Gasteiger partial charge is 0.368 e. The zero-order valence-electron chi connectivity index (χ0n) is 17.5. The Balaban J connectivity index is 1.34. The van der Waals surface area contributed by atoms with E-state index < -0.39 is 11.7 Å². The second kappa shape index (κ2) is 8.23. The van der Waals surface area contributed by atoms with Gasteiger partial charge in [0.1, 0.15) is 5.56 Å². The van der Waals surface area contributed by atoms with Gasteiger partial charge in [-0.05, 0) is 24.3 Å². The van der Waals surface area contributed by atoms with Gasteiger partial charge in [-0.2, -0.15) is 18.3 Å². The maximum atomic E-state index is 13.2. The number of halogens is 3. The molecule has 1 amide bonds. The lowest BCUT2D eigenvalue weighted by molar-refractivity contribution is -0.137. The van der Waals surface area contributed by atoms with Gasteiger partial charge in [-0.15, -0.1) is 0 Å². The SMILES string of the molecule is O=C(c1cnn2c(-c3ccccc3)ccnc12)N1CCN(c2cccc(C(F)(F)F)c2)CC1. The summed E-state index contributed by atoms with van der Waals surface area (Å²) in [5.41, 5.74) is 2.49. The average molecular weight is 451 g/mol. The molecule has 2 aromatic heterocycles. The van der Waals surface area contributed by atoms with Crippen LogP contribution in [-0.2, 0) is 6.18 Å². The van der Waals surface area contributed by atoms with Crippen LogP contribution < -0.4 is 4.90 Å². The standard InChI is InChI=1S/C24H20F3N5O/c25-24(26,27)18-7-4-8-19(15-18)30-11-13-31(14-12-30)23(33)20-16-29-32-21(9-10-28-22(20)32)17-5-2-1-3-6-17/h1-10,15-16H,11-14H2. The summed E-state index contributed by atoms with van der Waals surface area (Å²) in [5.74, 6) is -0.189. The summed E-state index contributed by atoms with van der Waals surface area (Å²) in [5, 5.41) is 4.40. The fourth-order valence-corrected chi connectivity index (χ4v) is 4.09. The maximum absolute atomic E-state index is 13.2. The number of amides is 1. The van der Waals surface area contributed by atoms with E-state index in [0.29, 0.717) is 43.1 Å². The van der Waals surface area contributed by atoms with Gasteiger partial charge in [0.2, 0.25) is 0 Å². The number of hydrogen-bond acceptors (Lipinski definition) is 4. The van der Waals surface area contributed by atoms with Crippen LogP contribution in [-0.4, -0.2) is 51.6 Å². The first-order chi connectivity index (χ1) is 15.9. The van der Waals surface area contributed by atoms with Gasteiger partial charge in [0.25, 0.3) is 5.91 Å². The van der Waals surface area contributed by atoms with E-state index in [4.69, 9.17) is 0 Å². The van der Waals surface area contributed by atoms with Crippen LogP contribution in [0.15, 0.2) is 73.1 Å². The maximum Gasteiger partial charge on any atom is 0.416 e. The molecule has 168 valence electrons. The van der Waals surface area contributed by atoms with Crippen molar-refractivity contribution in [2.75, 3.05) is 31.1 Å². The summed E-state index contributed by atoms with van der Waals surface area (Å²) in [4.78, 5) is 21.1. The molecule has 0 N–H and O–H groups in total. The van der Waals surface area contributed by atoms with E-state index in [1.807, 2.05) is 41.3 Å². The Morgan fingerprint density at radius 1 is 0.909 bits per heavy atom. The van der Waals surface area contributed by atoms with E-state index in [-0.39, 0.29) is 5.91 Å². The molecule has 1 aliphatic rings. The van der Waals surface area contributed by atoms with E-state index in [1.54, 1.807) is 21.7 Å². The number of fused-ring (bicyclic) bond motifs is 1. The second-order valence-corrected chi connectivity index (χ2v) is 7.82. The molecular formula is C24H20F3N5O. The van der Waals surface area contributed by atoms with E-state index in [0.717, 1.165) is 23.4 Å². The monoisotopic (exact) mass is 451 g/mol. The number of alkyl halides is 3. The van der Waals surface area contributed by atoms with E-state index in [9.17, 15) is 18.0 Å². The lowest BCUT2D eigenvalue weighted by atomic mass is 10.1. The number of anilines is 1. The van der Waals surface area contributed by atoms with Crippen molar-refractivity contribution in [1.29, 1.82) is 0 Å². The number of nitrogens with zero attached hydrogens (tertiary/aromatic N) is 5. The first kappa shape index (κ1) is 21.0. The third kappa shape index (κ3) is 4.02. The van der Waals surface area contributed by atoms with Crippen LogP contribution in [0.1, 0.15) is 15.9 Å². The van der Waals surface area contributed by atoms with E-state index in [1.165, 1.54) is 12.3 Å². The molecule has 0 bridgehead atoms. The van der Waals surface area contributed by atoms with Crippen LogP contribution in [0.25, 0.3) is 16.9 Å². The van der Waals surface area contributed by atoms with Crippen molar-refractivity contribution in [2.45, 2.75) is 6.18 Å². The number of hydrogen-bond donors (Lipinski definition) is 0. The average Bonchev–Trinajstić information content (AvgIpc) is 3.28. The van der Waals surface area contributed by atoms with Gasteiger partial charge < -0.3 is 9.80 Å². The van der Waals surface area contributed by atoms with Crippen molar-refractivity contribution in [1.82, 2.24) is 19.5 Å². The lowest BCUT2D eigenvalue weighted by Crippen LogP contribution is -2.48. The van der Waals surface area contributed by atoms with Crippen LogP contribution in [0.2, 0.25) is 0 Å². The van der Waals surface area contributed by atoms with E-state index >= 15 is 0 Å². The van der Waals surface area contributed by atoms with Crippen LogP contribution in [0.5, 0.6) is 0 Å². The predicted octanol–water partition coefficient (Wildman–Crippen LogP) is 4.38. The molecule has 2 aromatic carbocycles. The number of benzene rings is 2. The van der Waals surface area contributed by atoms with Crippen LogP contribution in [0.4, 0.5) is 18.9 Å². The Morgan fingerprint density at radius 3 is 2.39 bits per heavy atom. The molecule has 0 saturated carbocycles. The minimum atomic E-state index is -4.39. The topological polar surface area (TPSA) is 53.7 Å². The van der Waals surface area contributed by atoms with Crippen molar-refractivity contribution in [3.05, 3.63) is 84.2 Å². The summed E-state index contributed by atoms with van der Waals surface area (Å²) in [6.45, 7) is 1.67. The van der Waals surface area contributed by atoms with Crippen LogP contribution in [0.3, 0.4) is 0 Å². The summed E-state index contributed by atoms with van der Waals surface area (Å²) in [7, 11) is 0. The summed E-state index contributed by atoms with van der Waals surface area (Å²) in [6, 6.07) is 16.8. The first-order valence-electron chi connectivity index (χ1n) is 10.5. The number of carbonyl (C=O) groups excluding carboxylic acids is 1. The molecule has 0 radical (unpaired) electrons. The van der Waals surface area contributed by atoms with Crippen LogP contribution >= 0.6 is 0 Å². The Hall–Kier alpha value is -3.88. The molecular weight excluding hydrogens is 431 g/mol. The number of aromatic nitrogens is 3. The Kier molecular flexibility index (Phi) is 5.24. The van der Waals surface area contributed by atoms with Gasteiger partial charge in [0, 0.05) is 43.6 Å². The third-order valence-electron chi connectivity index (χ3n) is 5.81. The summed E-state index contributed by atoms with van der Waals surface area (Å²) in [6.07, 6.45) is -1.21. The van der Waals surface area contributed by atoms with Gasteiger partial charge in [-0.1, -0.05) is 36.4 Å². The molecule has 33 heavy (non-hydrogen) atoms. The molecule has 0 atom stereocenters. The summed E-state index contributed by atoms with van der Waals surface area (Å²) >= 11 is 0. The number of carbonyl (C=O) groups is 1. The molecule has 0 aliphatic carbocycles. The van der Waals surface area contributed by atoms with Gasteiger partial charge in [-0.25, -0.2) is 9.50 Å². The molecule has 1 fully saturated rings. The molecule has 4 aromatic rings. The first-order valence-corrected chi connectivity index (χ1v) is 10.5. The quantitative estimate of drug-likeness (QED) is 0.464. The molecule has 3 heterocycles. The predicted molar refractivity (Wildman–Crippen MR) is 118 cm³/mol.